The lowest BCUT2D eigenvalue weighted by Crippen LogP contribution is -2.20. The van der Waals surface area contributed by atoms with Gasteiger partial charge in [-0.1, -0.05) is 6.92 Å². The van der Waals surface area contributed by atoms with E-state index in [1.54, 1.807) is 18.3 Å². The smallest absolute Gasteiger partial charge is 0.338 e. The molecule has 0 aliphatic rings. The minimum Gasteiger partial charge on any atom is -0.465 e. The third kappa shape index (κ3) is 4.03. The molecule has 0 saturated heterocycles. The zero-order chi connectivity index (χ0) is 12.7. The summed E-state index contributed by atoms with van der Waals surface area (Å²) in [5.74, 6) is 0.235. The summed E-state index contributed by atoms with van der Waals surface area (Å²) in [5, 5.41) is 12.1. The van der Waals surface area contributed by atoms with Gasteiger partial charge in [0, 0.05) is 18.8 Å². The first-order valence-corrected chi connectivity index (χ1v) is 5.63. The average Bonchev–Trinajstić information content (AvgIpc) is 2.37. The molecule has 1 aromatic rings. The summed E-state index contributed by atoms with van der Waals surface area (Å²) in [6.45, 7) is 2.15. The first-order valence-electron chi connectivity index (χ1n) is 5.63. The number of aromatic nitrogens is 1. The Morgan fingerprint density at radius 1 is 1.65 bits per heavy atom. The Balaban J connectivity index is 2.74. The van der Waals surface area contributed by atoms with Crippen LogP contribution >= 0.6 is 0 Å². The molecule has 5 nitrogen and oxygen atoms in total. The Kier molecular flexibility index (Phi) is 5.42. The van der Waals surface area contributed by atoms with E-state index in [4.69, 9.17) is 5.11 Å². The summed E-state index contributed by atoms with van der Waals surface area (Å²) in [7, 11) is 1.34. The molecule has 0 aromatic carbocycles. The fourth-order valence-electron chi connectivity index (χ4n) is 1.50. The van der Waals surface area contributed by atoms with Crippen molar-refractivity contribution >= 4 is 11.8 Å². The van der Waals surface area contributed by atoms with Crippen molar-refractivity contribution in [2.75, 3.05) is 19.0 Å². The van der Waals surface area contributed by atoms with Gasteiger partial charge in [0.2, 0.25) is 0 Å². The quantitative estimate of drug-likeness (QED) is 0.734. The molecule has 0 spiro atoms. The number of hydrogen-bond acceptors (Lipinski definition) is 5. The Labute approximate surface area is 101 Å². The van der Waals surface area contributed by atoms with Crippen LogP contribution in [0.1, 0.15) is 30.1 Å². The lowest BCUT2D eigenvalue weighted by Gasteiger charge is -2.16. The predicted octanol–water partition coefficient (Wildman–Crippen LogP) is 1.44. The topological polar surface area (TPSA) is 71.5 Å². The Hall–Kier alpha value is -1.62. The van der Waals surface area contributed by atoms with E-state index in [0.717, 1.165) is 6.42 Å². The first kappa shape index (κ1) is 13.4. The molecule has 0 bridgehead atoms. The number of anilines is 1. The SMILES string of the molecule is CCC(CCO)Nc1cc(C(=O)OC)ccn1. The standard InChI is InChI=1S/C12H18N2O3/c1-3-10(5-7-15)14-11-8-9(4-6-13-11)12(16)17-2/h4,6,8,10,15H,3,5,7H2,1-2H3,(H,13,14). The third-order valence-electron chi connectivity index (χ3n) is 2.50. The van der Waals surface area contributed by atoms with E-state index in [0.29, 0.717) is 17.8 Å². The molecule has 0 aliphatic carbocycles. The molecule has 0 fully saturated rings. The number of nitrogens with one attached hydrogen (secondary N) is 1. The van der Waals surface area contributed by atoms with Crippen LogP contribution in [0.4, 0.5) is 5.82 Å². The van der Waals surface area contributed by atoms with Crippen LogP contribution in [0, 0.1) is 0 Å². The molecule has 1 rings (SSSR count). The Morgan fingerprint density at radius 3 is 3.00 bits per heavy atom. The number of carbonyl (C=O) groups excluding carboxylic acids is 1. The van der Waals surface area contributed by atoms with Crippen molar-refractivity contribution in [1.29, 1.82) is 0 Å². The van der Waals surface area contributed by atoms with Gasteiger partial charge in [-0.3, -0.25) is 0 Å². The van der Waals surface area contributed by atoms with E-state index in [1.165, 1.54) is 7.11 Å². The number of pyridine rings is 1. The van der Waals surface area contributed by atoms with Gasteiger partial charge in [0.05, 0.1) is 12.7 Å². The lowest BCUT2D eigenvalue weighted by molar-refractivity contribution is 0.0600. The zero-order valence-corrected chi connectivity index (χ0v) is 10.1. The number of ether oxygens (including phenoxy) is 1. The number of hydrogen-bond donors (Lipinski definition) is 2. The second kappa shape index (κ2) is 6.85. The van der Waals surface area contributed by atoms with Crippen molar-refractivity contribution in [3.05, 3.63) is 23.9 Å². The second-order valence-corrected chi connectivity index (χ2v) is 3.68. The molecule has 0 aliphatic heterocycles. The van der Waals surface area contributed by atoms with Gasteiger partial charge < -0.3 is 15.2 Å². The summed E-state index contributed by atoms with van der Waals surface area (Å²) in [4.78, 5) is 15.5. The number of esters is 1. The number of aliphatic hydroxyl groups excluding tert-OH is 1. The van der Waals surface area contributed by atoms with Crippen LogP contribution in [0.15, 0.2) is 18.3 Å². The lowest BCUT2D eigenvalue weighted by atomic mass is 10.1. The summed E-state index contributed by atoms with van der Waals surface area (Å²) in [6.07, 6.45) is 3.09. The van der Waals surface area contributed by atoms with Crippen LogP contribution < -0.4 is 5.32 Å². The maximum absolute atomic E-state index is 11.3. The second-order valence-electron chi connectivity index (χ2n) is 3.68. The summed E-state index contributed by atoms with van der Waals surface area (Å²) < 4.78 is 4.64. The molecule has 5 heteroatoms. The van der Waals surface area contributed by atoms with E-state index in [-0.39, 0.29) is 18.6 Å². The number of methoxy groups -OCH3 is 1. The van der Waals surface area contributed by atoms with Crippen molar-refractivity contribution < 1.29 is 14.6 Å². The number of nitrogens with zero attached hydrogens (tertiary/aromatic N) is 1. The fraction of sp³-hybridized carbons (Fsp3) is 0.500. The summed E-state index contributed by atoms with van der Waals surface area (Å²) in [6, 6.07) is 3.40. The van der Waals surface area contributed by atoms with Crippen molar-refractivity contribution in [3.63, 3.8) is 0 Å². The van der Waals surface area contributed by atoms with E-state index in [9.17, 15) is 4.79 Å². The van der Waals surface area contributed by atoms with Crippen LogP contribution in [0.5, 0.6) is 0 Å². The molecule has 0 saturated carbocycles. The molecule has 1 heterocycles. The van der Waals surface area contributed by atoms with Crippen LogP contribution in [-0.4, -0.2) is 35.8 Å². The average molecular weight is 238 g/mol. The van der Waals surface area contributed by atoms with Crippen LogP contribution in [0.25, 0.3) is 0 Å². The number of aliphatic hydroxyl groups is 1. The van der Waals surface area contributed by atoms with Crippen molar-refractivity contribution in [2.45, 2.75) is 25.8 Å². The van der Waals surface area contributed by atoms with Gasteiger partial charge in [-0.05, 0) is 25.0 Å². The molecule has 1 atom stereocenters. The normalized spacial score (nSPS) is 11.9. The van der Waals surface area contributed by atoms with Gasteiger partial charge >= 0.3 is 5.97 Å². The highest BCUT2D eigenvalue weighted by Crippen LogP contribution is 2.11. The van der Waals surface area contributed by atoms with Gasteiger partial charge in [0.25, 0.3) is 0 Å². The van der Waals surface area contributed by atoms with Crippen molar-refractivity contribution in [1.82, 2.24) is 4.98 Å². The van der Waals surface area contributed by atoms with Gasteiger partial charge in [0.15, 0.2) is 0 Å². The first-order chi connectivity index (χ1) is 8.21. The van der Waals surface area contributed by atoms with E-state index in [1.807, 2.05) is 6.92 Å². The minimum atomic E-state index is -0.384. The number of rotatable bonds is 6. The predicted molar refractivity (Wildman–Crippen MR) is 65.0 cm³/mol. The van der Waals surface area contributed by atoms with Gasteiger partial charge in [-0.25, -0.2) is 9.78 Å². The third-order valence-corrected chi connectivity index (χ3v) is 2.50. The Morgan fingerprint density at radius 2 is 2.41 bits per heavy atom. The highest BCUT2D eigenvalue weighted by molar-refractivity contribution is 5.89. The maximum Gasteiger partial charge on any atom is 0.338 e. The minimum absolute atomic E-state index is 0.127. The molecule has 2 N–H and O–H groups in total. The van der Waals surface area contributed by atoms with Crippen molar-refractivity contribution in [2.24, 2.45) is 0 Å². The monoisotopic (exact) mass is 238 g/mol. The van der Waals surface area contributed by atoms with E-state index < -0.39 is 0 Å². The van der Waals surface area contributed by atoms with Gasteiger partial charge in [0.1, 0.15) is 5.82 Å². The Bertz CT molecular complexity index is 369. The highest BCUT2D eigenvalue weighted by atomic mass is 16.5. The molecule has 17 heavy (non-hydrogen) atoms. The summed E-state index contributed by atoms with van der Waals surface area (Å²) >= 11 is 0. The van der Waals surface area contributed by atoms with Crippen LogP contribution in [0.3, 0.4) is 0 Å². The molecule has 0 radical (unpaired) electrons. The summed E-state index contributed by atoms with van der Waals surface area (Å²) in [5.41, 5.74) is 0.462. The molecule has 94 valence electrons. The van der Waals surface area contributed by atoms with Crippen molar-refractivity contribution in [3.8, 4) is 0 Å². The molecule has 1 aromatic heterocycles. The number of carbonyl (C=O) groups is 1. The molecule has 0 amide bonds. The van der Waals surface area contributed by atoms with E-state index in [2.05, 4.69) is 15.0 Å². The molecular weight excluding hydrogens is 220 g/mol. The molecule has 1 unspecified atom stereocenters. The van der Waals surface area contributed by atoms with Gasteiger partial charge in [-0.2, -0.15) is 0 Å². The zero-order valence-electron chi connectivity index (χ0n) is 10.1. The van der Waals surface area contributed by atoms with Crippen LogP contribution in [0.2, 0.25) is 0 Å². The van der Waals surface area contributed by atoms with Gasteiger partial charge in [-0.15, -0.1) is 0 Å². The largest absolute Gasteiger partial charge is 0.465 e. The molecular formula is C12H18N2O3. The highest BCUT2D eigenvalue weighted by Gasteiger charge is 2.09. The van der Waals surface area contributed by atoms with Crippen LogP contribution in [-0.2, 0) is 4.74 Å². The van der Waals surface area contributed by atoms with E-state index >= 15 is 0 Å². The maximum atomic E-state index is 11.3. The fourth-order valence-corrected chi connectivity index (χ4v) is 1.50.